The number of hydrogen-bond donors (Lipinski definition) is 0. The summed E-state index contributed by atoms with van der Waals surface area (Å²) in [7, 11) is -0.346. The van der Waals surface area contributed by atoms with Crippen LogP contribution in [-0.2, 0) is 10.0 Å². The van der Waals surface area contributed by atoms with E-state index in [2.05, 4.69) is 0 Å². The highest BCUT2D eigenvalue weighted by atomic mass is 32.2. The fraction of sp³-hybridized carbons (Fsp3) is 0.600. The van der Waals surface area contributed by atoms with Crippen molar-refractivity contribution >= 4 is 21.4 Å². The minimum absolute atomic E-state index is 0.0175. The molecule has 7 nitrogen and oxygen atoms in total. The molecular weight excluding hydrogens is 318 g/mol. The van der Waals surface area contributed by atoms with Gasteiger partial charge in [0.2, 0.25) is 10.0 Å². The molecule has 0 radical (unpaired) electrons. The molecule has 0 bridgehead atoms. The number of nitro groups is 1. The smallest absolute Gasteiger partial charge is 0.293 e. The van der Waals surface area contributed by atoms with Crippen LogP contribution >= 0.6 is 0 Å². The monoisotopic (exact) mass is 341 g/mol. The molecule has 128 valence electrons. The van der Waals surface area contributed by atoms with E-state index in [0.29, 0.717) is 18.8 Å². The summed E-state index contributed by atoms with van der Waals surface area (Å²) in [6.45, 7) is 4.96. The van der Waals surface area contributed by atoms with E-state index in [1.165, 1.54) is 16.4 Å². The molecule has 0 saturated carbocycles. The zero-order chi connectivity index (χ0) is 17.4. The van der Waals surface area contributed by atoms with Crippen LogP contribution in [0.2, 0.25) is 0 Å². The molecule has 0 unspecified atom stereocenters. The normalized spacial score (nSPS) is 22.8. The molecule has 0 aromatic heterocycles. The Bertz CT molecular complexity index is 693. The van der Waals surface area contributed by atoms with Gasteiger partial charge in [-0.3, -0.25) is 10.1 Å². The van der Waals surface area contributed by atoms with Crippen LogP contribution < -0.4 is 4.90 Å². The largest absolute Gasteiger partial charge is 0.372 e. The third-order valence-electron chi connectivity index (χ3n) is 4.10. The first-order valence-electron chi connectivity index (χ1n) is 7.59. The number of hydrogen-bond acceptors (Lipinski definition) is 5. The van der Waals surface area contributed by atoms with Crippen LogP contribution in [0.25, 0.3) is 0 Å². The third kappa shape index (κ3) is 3.64. The molecule has 23 heavy (non-hydrogen) atoms. The number of benzene rings is 1. The topological polar surface area (TPSA) is 83.8 Å². The lowest BCUT2D eigenvalue weighted by molar-refractivity contribution is -0.384. The number of sulfonamides is 1. The molecule has 0 spiro atoms. The Labute approximate surface area is 137 Å². The van der Waals surface area contributed by atoms with Crippen molar-refractivity contribution in [2.45, 2.75) is 25.2 Å². The highest BCUT2D eigenvalue weighted by Gasteiger charge is 2.33. The lowest BCUT2D eigenvalue weighted by Crippen LogP contribution is -2.42. The molecule has 1 aromatic carbocycles. The van der Waals surface area contributed by atoms with E-state index >= 15 is 0 Å². The Kier molecular flexibility index (Phi) is 4.95. The van der Waals surface area contributed by atoms with Crippen molar-refractivity contribution in [1.29, 1.82) is 0 Å². The molecule has 2 atom stereocenters. The van der Waals surface area contributed by atoms with E-state index in [1.807, 2.05) is 13.8 Å². The predicted molar refractivity (Wildman–Crippen MR) is 89.1 cm³/mol. The van der Waals surface area contributed by atoms with E-state index in [9.17, 15) is 18.5 Å². The molecule has 1 heterocycles. The van der Waals surface area contributed by atoms with Gasteiger partial charge in [0, 0.05) is 33.3 Å². The molecule has 8 heteroatoms. The molecule has 0 N–H and O–H groups in total. The number of nitro benzene ring substituents is 1. The third-order valence-corrected chi connectivity index (χ3v) is 5.93. The van der Waals surface area contributed by atoms with Gasteiger partial charge in [-0.1, -0.05) is 13.8 Å². The molecule has 2 rings (SSSR count). The second-order valence-electron chi connectivity index (χ2n) is 6.57. The van der Waals surface area contributed by atoms with Crippen molar-refractivity contribution in [1.82, 2.24) is 4.31 Å². The van der Waals surface area contributed by atoms with Crippen molar-refractivity contribution in [2.75, 3.05) is 32.1 Å². The molecule has 0 amide bonds. The Morgan fingerprint density at radius 3 is 2.26 bits per heavy atom. The Balaban J connectivity index is 2.44. The van der Waals surface area contributed by atoms with Gasteiger partial charge in [-0.2, -0.15) is 4.31 Å². The number of rotatable bonds is 4. The second kappa shape index (κ2) is 6.45. The SMILES string of the molecule is C[C@@H]1C[C@H](C)CN(S(=O)(=O)c2ccc(N(C)C)c([N+](=O)[O-])c2)C1. The first-order valence-corrected chi connectivity index (χ1v) is 9.03. The van der Waals surface area contributed by atoms with Crippen LogP contribution in [0.15, 0.2) is 23.1 Å². The summed E-state index contributed by atoms with van der Waals surface area (Å²) >= 11 is 0. The molecule has 1 aromatic rings. The first kappa shape index (κ1) is 17.7. The molecule has 1 aliphatic heterocycles. The Morgan fingerprint density at radius 2 is 1.78 bits per heavy atom. The fourth-order valence-corrected chi connectivity index (χ4v) is 4.84. The van der Waals surface area contributed by atoms with Gasteiger partial charge in [-0.25, -0.2) is 8.42 Å². The average Bonchev–Trinajstić information content (AvgIpc) is 2.45. The summed E-state index contributed by atoms with van der Waals surface area (Å²) in [5.41, 5.74) is 0.184. The van der Waals surface area contributed by atoms with Crippen LogP contribution in [0.5, 0.6) is 0 Å². The van der Waals surface area contributed by atoms with Gasteiger partial charge >= 0.3 is 0 Å². The number of nitrogens with zero attached hydrogens (tertiary/aromatic N) is 3. The van der Waals surface area contributed by atoms with Crippen LogP contribution in [0.3, 0.4) is 0 Å². The Morgan fingerprint density at radius 1 is 1.22 bits per heavy atom. The van der Waals surface area contributed by atoms with E-state index in [1.54, 1.807) is 19.0 Å². The highest BCUT2D eigenvalue weighted by molar-refractivity contribution is 7.89. The van der Waals surface area contributed by atoms with Crippen molar-refractivity contribution < 1.29 is 13.3 Å². The van der Waals surface area contributed by atoms with Gasteiger partial charge in [-0.15, -0.1) is 0 Å². The highest BCUT2D eigenvalue weighted by Crippen LogP contribution is 2.32. The summed E-state index contributed by atoms with van der Waals surface area (Å²) in [6, 6.07) is 4.10. The van der Waals surface area contributed by atoms with Crippen LogP contribution in [-0.4, -0.2) is 44.8 Å². The average molecular weight is 341 g/mol. The van der Waals surface area contributed by atoms with E-state index in [-0.39, 0.29) is 22.4 Å². The summed E-state index contributed by atoms with van der Waals surface area (Å²) in [4.78, 5) is 12.3. The van der Waals surface area contributed by atoms with Gasteiger partial charge < -0.3 is 4.90 Å². The summed E-state index contributed by atoms with van der Waals surface area (Å²) in [6.07, 6.45) is 0.992. The van der Waals surface area contributed by atoms with Gasteiger partial charge in [0.05, 0.1) is 9.82 Å². The fourth-order valence-electron chi connectivity index (χ4n) is 3.14. The molecule has 1 aliphatic rings. The van der Waals surface area contributed by atoms with Crippen molar-refractivity contribution in [3.63, 3.8) is 0 Å². The van der Waals surface area contributed by atoms with E-state index in [0.717, 1.165) is 12.5 Å². The summed E-state index contributed by atoms with van der Waals surface area (Å²) in [5, 5.41) is 11.3. The zero-order valence-corrected chi connectivity index (χ0v) is 14.7. The van der Waals surface area contributed by atoms with Gasteiger partial charge in [-0.05, 0) is 30.4 Å². The molecule has 0 aliphatic carbocycles. The van der Waals surface area contributed by atoms with Crippen molar-refractivity contribution in [2.24, 2.45) is 11.8 Å². The number of anilines is 1. The predicted octanol–water partition coefficient (Wildman–Crippen LogP) is 2.33. The molecule has 1 saturated heterocycles. The summed E-state index contributed by atoms with van der Waals surface area (Å²) in [5.74, 6) is 0.564. The maximum absolute atomic E-state index is 12.8. The molecule has 1 fully saturated rings. The minimum Gasteiger partial charge on any atom is -0.372 e. The summed E-state index contributed by atoms with van der Waals surface area (Å²) < 4.78 is 27.1. The zero-order valence-electron chi connectivity index (χ0n) is 13.9. The standard InChI is InChI=1S/C15H23N3O4S/c1-11-7-12(2)10-17(9-11)23(21,22)13-5-6-14(16(3)4)15(8-13)18(19)20/h5-6,8,11-12H,7,9-10H2,1-4H3/t11-,12+. The first-order chi connectivity index (χ1) is 10.6. The van der Waals surface area contributed by atoms with Crippen LogP contribution in [0.1, 0.15) is 20.3 Å². The number of piperidine rings is 1. The minimum atomic E-state index is -3.72. The van der Waals surface area contributed by atoms with Gasteiger partial charge in [0.25, 0.3) is 5.69 Å². The quantitative estimate of drug-likeness (QED) is 0.620. The van der Waals surface area contributed by atoms with Gasteiger partial charge in [0.15, 0.2) is 0 Å². The van der Waals surface area contributed by atoms with Gasteiger partial charge in [0.1, 0.15) is 5.69 Å². The van der Waals surface area contributed by atoms with Crippen LogP contribution in [0.4, 0.5) is 11.4 Å². The van der Waals surface area contributed by atoms with Crippen molar-refractivity contribution in [3.8, 4) is 0 Å². The molecular formula is C15H23N3O4S. The van der Waals surface area contributed by atoms with Crippen molar-refractivity contribution in [3.05, 3.63) is 28.3 Å². The second-order valence-corrected chi connectivity index (χ2v) is 8.51. The maximum Gasteiger partial charge on any atom is 0.293 e. The van der Waals surface area contributed by atoms with E-state index < -0.39 is 14.9 Å². The Hall–Kier alpha value is -1.67. The lowest BCUT2D eigenvalue weighted by Gasteiger charge is -2.34. The van der Waals surface area contributed by atoms with E-state index in [4.69, 9.17) is 0 Å². The van der Waals surface area contributed by atoms with Crippen LogP contribution in [0, 0.1) is 22.0 Å². The maximum atomic E-state index is 12.8. The lowest BCUT2D eigenvalue weighted by atomic mass is 9.94.